The molecule has 0 aliphatic carbocycles. The molecule has 2 rings (SSSR count). The number of methoxy groups -OCH3 is 1. The average molecular weight is 252 g/mol. The molecule has 1 aromatic heterocycles. The standard InChI is InChI=1S/C15H12N2O2/c1-3-11-6-4-7-12(10-11)17-14(18)13-8-5-9-16-15(13)19-2/h1,4-10H,2H3,(H,17,18). The minimum atomic E-state index is -0.292. The van der Waals surface area contributed by atoms with Gasteiger partial charge in [-0.05, 0) is 30.3 Å². The van der Waals surface area contributed by atoms with E-state index in [0.29, 0.717) is 16.8 Å². The molecule has 1 amide bonds. The summed E-state index contributed by atoms with van der Waals surface area (Å²) >= 11 is 0. The normalized spacial score (nSPS) is 9.47. The summed E-state index contributed by atoms with van der Waals surface area (Å²) < 4.78 is 5.04. The number of rotatable bonds is 3. The summed E-state index contributed by atoms with van der Waals surface area (Å²) in [7, 11) is 1.47. The molecular formula is C15H12N2O2. The molecule has 0 atom stereocenters. The SMILES string of the molecule is C#Cc1cccc(NC(=O)c2cccnc2OC)c1. The van der Waals surface area contributed by atoms with Gasteiger partial charge < -0.3 is 10.1 Å². The van der Waals surface area contributed by atoms with Crippen molar-refractivity contribution >= 4 is 11.6 Å². The molecule has 0 saturated heterocycles. The molecule has 94 valence electrons. The van der Waals surface area contributed by atoms with Crippen LogP contribution in [0.2, 0.25) is 0 Å². The van der Waals surface area contributed by atoms with Gasteiger partial charge in [0.05, 0.1) is 7.11 Å². The van der Waals surface area contributed by atoms with Crippen LogP contribution in [0.3, 0.4) is 0 Å². The number of amides is 1. The molecule has 1 aromatic carbocycles. The van der Waals surface area contributed by atoms with Crippen molar-refractivity contribution in [1.82, 2.24) is 4.98 Å². The first-order valence-corrected chi connectivity index (χ1v) is 5.61. The van der Waals surface area contributed by atoms with Gasteiger partial charge >= 0.3 is 0 Å². The molecule has 1 N–H and O–H groups in total. The number of terminal acetylenes is 1. The van der Waals surface area contributed by atoms with Gasteiger partial charge in [0, 0.05) is 17.4 Å². The van der Waals surface area contributed by atoms with Crippen LogP contribution in [-0.2, 0) is 0 Å². The van der Waals surface area contributed by atoms with Crippen molar-refractivity contribution < 1.29 is 9.53 Å². The highest BCUT2D eigenvalue weighted by Gasteiger charge is 2.12. The second-order valence-corrected chi connectivity index (χ2v) is 3.74. The summed E-state index contributed by atoms with van der Waals surface area (Å²) in [6, 6.07) is 10.4. The van der Waals surface area contributed by atoms with E-state index in [2.05, 4.69) is 16.2 Å². The summed E-state index contributed by atoms with van der Waals surface area (Å²) in [5, 5.41) is 2.75. The van der Waals surface area contributed by atoms with E-state index in [0.717, 1.165) is 0 Å². The lowest BCUT2D eigenvalue weighted by molar-refractivity contribution is 0.102. The molecule has 0 bridgehead atoms. The number of carbonyl (C=O) groups is 1. The lowest BCUT2D eigenvalue weighted by Gasteiger charge is -2.08. The minimum absolute atomic E-state index is 0.285. The summed E-state index contributed by atoms with van der Waals surface area (Å²) in [6.07, 6.45) is 6.88. The van der Waals surface area contributed by atoms with E-state index >= 15 is 0 Å². The van der Waals surface area contributed by atoms with Crippen LogP contribution in [-0.4, -0.2) is 18.0 Å². The predicted octanol–water partition coefficient (Wildman–Crippen LogP) is 2.32. The maximum Gasteiger partial charge on any atom is 0.261 e. The van der Waals surface area contributed by atoms with E-state index in [9.17, 15) is 4.79 Å². The van der Waals surface area contributed by atoms with E-state index in [1.54, 1.807) is 42.6 Å². The fourth-order valence-corrected chi connectivity index (χ4v) is 1.61. The summed E-state index contributed by atoms with van der Waals surface area (Å²) in [6.45, 7) is 0. The molecule has 1 heterocycles. The van der Waals surface area contributed by atoms with Crippen LogP contribution < -0.4 is 10.1 Å². The van der Waals surface area contributed by atoms with Gasteiger partial charge in [0.15, 0.2) is 0 Å². The second-order valence-electron chi connectivity index (χ2n) is 3.74. The van der Waals surface area contributed by atoms with Crippen molar-refractivity contribution in [2.75, 3.05) is 12.4 Å². The van der Waals surface area contributed by atoms with Crippen LogP contribution in [0, 0.1) is 12.3 Å². The van der Waals surface area contributed by atoms with E-state index in [4.69, 9.17) is 11.2 Å². The van der Waals surface area contributed by atoms with Crippen molar-refractivity contribution in [2.45, 2.75) is 0 Å². The third kappa shape index (κ3) is 2.90. The number of ether oxygens (including phenoxy) is 1. The Morgan fingerprint density at radius 1 is 1.37 bits per heavy atom. The van der Waals surface area contributed by atoms with Crippen LogP contribution >= 0.6 is 0 Å². The average Bonchev–Trinajstić information content (AvgIpc) is 2.47. The molecule has 0 aliphatic rings. The lowest BCUT2D eigenvalue weighted by atomic mass is 10.2. The number of carbonyl (C=O) groups excluding carboxylic acids is 1. The third-order valence-corrected chi connectivity index (χ3v) is 2.50. The van der Waals surface area contributed by atoms with E-state index in [1.807, 2.05) is 0 Å². The highest BCUT2D eigenvalue weighted by atomic mass is 16.5. The zero-order valence-corrected chi connectivity index (χ0v) is 10.4. The second kappa shape index (κ2) is 5.69. The molecule has 19 heavy (non-hydrogen) atoms. The van der Waals surface area contributed by atoms with Crippen molar-refractivity contribution in [1.29, 1.82) is 0 Å². The van der Waals surface area contributed by atoms with E-state index in [-0.39, 0.29) is 11.8 Å². The molecule has 0 aliphatic heterocycles. The Labute approximate surface area is 111 Å². The molecule has 4 heteroatoms. The highest BCUT2D eigenvalue weighted by Crippen LogP contribution is 2.17. The van der Waals surface area contributed by atoms with E-state index < -0.39 is 0 Å². The fraction of sp³-hybridized carbons (Fsp3) is 0.0667. The van der Waals surface area contributed by atoms with Crippen molar-refractivity contribution in [2.24, 2.45) is 0 Å². The van der Waals surface area contributed by atoms with Crippen LogP contribution in [0.4, 0.5) is 5.69 Å². The van der Waals surface area contributed by atoms with Gasteiger partial charge in [0.2, 0.25) is 5.88 Å². The Morgan fingerprint density at radius 3 is 2.95 bits per heavy atom. The summed E-state index contributed by atoms with van der Waals surface area (Å²) in [4.78, 5) is 16.1. The molecule has 0 spiro atoms. The maximum atomic E-state index is 12.1. The fourth-order valence-electron chi connectivity index (χ4n) is 1.61. The number of benzene rings is 1. The molecule has 0 radical (unpaired) electrons. The molecule has 0 unspecified atom stereocenters. The van der Waals surface area contributed by atoms with Crippen LogP contribution in [0.25, 0.3) is 0 Å². The van der Waals surface area contributed by atoms with Crippen molar-refractivity contribution in [3.8, 4) is 18.2 Å². The molecule has 2 aromatic rings. The number of pyridine rings is 1. The van der Waals surface area contributed by atoms with Gasteiger partial charge in [0.25, 0.3) is 5.91 Å². The lowest BCUT2D eigenvalue weighted by Crippen LogP contribution is -2.13. The van der Waals surface area contributed by atoms with Crippen LogP contribution in [0.15, 0.2) is 42.6 Å². The number of hydrogen-bond acceptors (Lipinski definition) is 3. The number of nitrogens with zero attached hydrogens (tertiary/aromatic N) is 1. The minimum Gasteiger partial charge on any atom is -0.480 e. The first-order valence-electron chi connectivity index (χ1n) is 5.61. The zero-order valence-electron chi connectivity index (χ0n) is 10.4. The van der Waals surface area contributed by atoms with Crippen molar-refractivity contribution in [3.05, 3.63) is 53.7 Å². The Bertz CT molecular complexity index is 645. The van der Waals surface area contributed by atoms with Gasteiger partial charge in [0.1, 0.15) is 5.56 Å². The number of anilines is 1. The molecule has 4 nitrogen and oxygen atoms in total. The largest absolute Gasteiger partial charge is 0.480 e. The Morgan fingerprint density at radius 2 is 2.21 bits per heavy atom. The highest BCUT2D eigenvalue weighted by molar-refractivity contribution is 6.05. The summed E-state index contributed by atoms with van der Waals surface area (Å²) in [5.74, 6) is 2.51. The van der Waals surface area contributed by atoms with Crippen LogP contribution in [0.1, 0.15) is 15.9 Å². The Hall–Kier alpha value is -2.80. The van der Waals surface area contributed by atoms with Crippen LogP contribution in [0.5, 0.6) is 5.88 Å². The number of nitrogens with one attached hydrogen (secondary N) is 1. The van der Waals surface area contributed by atoms with Gasteiger partial charge in [-0.1, -0.05) is 12.0 Å². The van der Waals surface area contributed by atoms with Crippen molar-refractivity contribution in [3.63, 3.8) is 0 Å². The Balaban J connectivity index is 2.23. The first kappa shape index (κ1) is 12.7. The first-order chi connectivity index (χ1) is 9.24. The third-order valence-electron chi connectivity index (χ3n) is 2.50. The van der Waals surface area contributed by atoms with E-state index in [1.165, 1.54) is 7.11 Å². The smallest absolute Gasteiger partial charge is 0.261 e. The number of aromatic nitrogens is 1. The quantitative estimate of drug-likeness (QED) is 0.853. The Kier molecular flexibility index (Phi) is 3.79. The maximum absolute atomic E-state index is 12.1. The van der Waals surface area contributed by atoms with Gasteiger partial charge in [-0.2, -0.15) is 0 Å². The topological polar surface area (TPSA) is 51.2 Å². The predicted molar refractivity (Wildman–Crippen MR) is 73.1 cm³/mol. The van der Waals surface area contributed by atoms with Gasteiger partial charge in [-0.25, -0.2) is 4.98 Å². The number of hydrogen-bond donors (Lipinski definition) is 1. The van der Waals surface area contributed by atoms with Gasteiger partial charge in [-0.3, -0.25) is 4.79 Å². The molecular weight excluding hydrogens is 240 g/mol. The monoisotopic (exact) mass is 252 g/mol. The molecule has 0 saturated carbocycles. The molecule has 0 fully saturated rings. The van der Waals surface area contributed by atoms with Gasteiger partial charge in [-0.15, -0.1) is 6.42 Å². The summed E-state index contributed by atoms with van der Waals surface area (Å²) in [5.41, 5.74) is 1.71. The zero-order chi connectivity index (χ0) is 13.7.